The van der Waals surface area contributed by atoms with Crippen LogP contribution < -0.4 is 0 Å². The van der Waals surface area contributed by atoms with Gasteiger partial charge in [0.15, 0.2) is 0 Å². The van der Waals surface area contributed by atoms with Gasteiger partial charge in [-0.1, -0.05) is 58.1 Å². The van der Waals surface area contributed by atoms with Gasteiger partial charge in [0.1, 0.15) is 6.61 Å². The third kappa shape index (κ3) is 8.18. The fraction of sp³-hybridized carbons (Fsp3) is 0.632. The van der Waals surface area contributed by atoms with Crippen LogP contribution in [0.25, 0.3) is 0 Å². The molecule has 0 aliphatic carbocycles. The number of unbranched alkanes of at least 4 members (excludes halogenated alkanes) is 5. The molecule has 22 heavy (non-hydrogen) atoms. The van der Waals surface area contributed by atoms with Crippen LogP contribution in [0.5, 0.6) is 0 Å². The number of rotatable bonds is 12. The fourth-order valence-electron chi connectivity index (χ4n) is 2.28. The van der Waals surface area contributed by atoms with Crippen molar-refractivity contribution < 1.29 is 14.3 Å². The number of benzene rings is 1. The predicted molar refractivity (Wildman–Crippen MR) is 90.3 cm³/mol. The Morgan fingerprint density at radius 3 is 2.50 bits per heavy atom. The van der Waals surface area contributed by atoms with E-state index in [2.05, 4.69) is 13.8 Å². The number of esters is 1. The molecular weight excluding hydrogens is 276 g/mol. The normalized spacial score (nSPS) is 10.6. The van der Waals surface area contributed by atoms with Gasteiger partial charge in [0.2, 0.25) is 0 Å². The lowest BCUT2D eigenvalue weighted by atomic mass is 10.1. The van der Waals surface area contributed by atoms with Crippen LogP contribution in [0.2, 0.25) is 0 Å². The number of ether oxygens (including phenoxy) is 2. The van der Waals surface area contributed by atoms with Crippen molar-refractivity contribution in [2.24, 2.45) is 0 Å². The summed E-state index contributed by atoms with van der Waals surface area (Å²) in [4.78, 5) is 11.9. The van der Waals surface area contributed by atoms with Gasteiger partial charge in [0.05, 0.1) is 12.2 Å². The SMILES string of the molecule is CCCCCCCCOCCOC(=O)c1cccc(CC)c1. The molecule has 0 bridgehead atoms. The molecule has 0 N–H and O–H groups in total. The molecule has 0 aliphatic heterocycles. The summed E-state index contributed by atoms with van der Waals surface area (Å²) < 4.78 is 10.7. The minimum Gasteiger partial charge on any atom is -0.460 e. The maximum atomic E-state index is 11.9. The van der Waals surface area contributed by atoms with E-state index in [0.717, 1.165) is 25.0 Å². The molecule has 0 aliphatic rings. The van der Waals surface area contributed by atoms with Crippen molar-refractivity contribution in [3.63, 3.8) is 0 Å². The lowest BCUT2D eigenvalue weighted by Gasteiger charge is -2.07. The Hall–Kier alpha value is -1.35. The van der Waals surface area contributed by atoms with E-state index in [1.807, 2.05) is 18.2 Å². The first-order valence-electron chi connectivity index (χ1n) is 8.61. The first-order chi connectivity index (χ1) is 10.8. The van der Waals surface area contributed by atoms with E-state index in [1.165, 1.54) is 32.1 Å². The smallest absolute Gasteiger partial charge is 0.338 e. The first-order valence-corrected chi connectivity index (χ1v) is 8.61. The highest BCUT2D eigenvalue weighted by Gasteiger charge is 2.06. The van der Waals surface area contributed by atoms with E-state index in [1.54, 1.807) is 6.07 Å². The quantitative estimate of drug-likeness (QED) is 0.412. The largest absolute Gasteiger partial charge is 0.460 e. The second-order valence-electron chi connectivity index (χ2n) is 5.57. The second kappa shape index (κ2) is 12.2. The first kappa shape index (κ1) is 18.7. The Labute approximate surface area is 135 Å². The predicted octanol–water partition coefficient (Wildman–Crippen LogP) is 4.78. The fourth-order valence-corrected chi connectivity index (χ4v) is 2.28. The highest BCUT2D eigenvalue weighted by Crippen LogP contribution is 2.08. The van der Waals surface area contributed by atoms with Crippen molar-refractivity contribution in [3.8, 4) is 0 Å². The van der Waals surface area contributed by atoms with Crippen molar-refractivity contribution in [3.05, 3.63) is 35.4 Å². The van der Waals surface area contributed by atoms with E-state index in [0.29, 0.717) is 18.8 Å². The van der Waals surface area contributed by atoms with Gasteiger partial charge in [0.25, 0.3) is 0 Å². The zero-order valence-corrected chi connectivity index (χ0v) is 14.1. The number of hydrogen-bond acceptors (Lipinski definition) is 3. The molecule has 0 heterocycles. The van der Waals surface area contributed by atoms with Gasteiger partial charge in [-0.25, -0.2) is 4.79 Å². The number of carbonyl (C=O) groups is 1. The van der Waals surface area contributed by atoms with Crippen LogP contribution in [-0.4, -0.2) is 25.8 Å². The van der Waals surface area contributed by atoms with Crippen LogP contribution in [-0.2, 0) is 15.9 Å². The van der Waals surface area contributed by atoms with E-state index in [9.17, 15) is 4.79 Å². The molecule has 124 valence electrons. The van der Waals surface area contributed by atoms with Gasteiger partial charge in [-0.05, 0) is 30.5 Å². The molecule has 1 rings (SSSR count). The molecule has 0 atom stereocenters. The topological polar surface area (TPSA) is 35.5 Å². The Morgan fingerprint density at radius 2 is 1.73 bits per heavy atom. The van der Waals surface area contributed by atoms with Gasteiger partial charge < -0.3 is 9.47 Å². The maximum absolute atomic E-state index is 11.9. The van der Waals surface area contributed by atoms with Crippen LogP contribution >= 0.6 is 0 Å². The Balaban J connectivity index is 2.03. The van der Waals surface area contributed by atoms with Gasteiger partial charge in [-0.2, -0.15) is 0 Å². The molecule has 0 saturated heterocycles. The lowest BCUT2D eigenvalue weighted by Crippen LogP contribution is -2.11. The second-order valence-corrected chi connectivity index (χ2v) is 5.57. The van der Waals surface area contributed by atoms with E-state index in [4.69, 9.17) is 9.47 Å². The number of aryl methyl sites for hydroxylation is 1. The summed E-state index contributed by atoms with van der Waals surface area (Å²) in [6, 6.07) is 7.59. The molecule has 0 radical (unpaired) electrons. The van der Waals surface area contributed by atoms with Crippen LogP contribution in [0.4, 0.5) is 0 Å². The number of carbonyl (C=O) groups excluding carboxylic acids is 1. The molecular formula is C19H30O3. The van der Waals surface area contributed by atoms with Crippen LogP contribution in [0.3, 0.4) is 0 Å². The third-order valence-electron chi connectivity index (χ3n) is 3.67. The minimum absolute atomic E-state index is 0.265. The number of hydrogen-bond donors (Lipinski definition) is 0. The average Bonchev–Trinajstić information content (AvgIpc) is 2.56. The summed E-state index contributed by atoms with van der Waals surface area (Å²) in [5, 5.41) is 0. The zero-order valence-electron chi connectivity index (χ0n) is 14.1. The molecule has 0 amide bonds. The molecule has 3 heteroatoms. The molecule has 1 aromatic carbocycles. The van der Waals surface area contributed by atoms with Crippen LogP contribution in [0.1, 0.15) is 68.3 Å². The van der Waals surface area contributed by atoms with Crippen molar-refractivity contribution in [1.29, 1.82) is 0 Å². The van der Waals surface area contributed by atoms with Crippen molar-refractivity contribution in [2.45, 2.75) is 58.8 Å². The average molecular weight is 306 g/mol. The van der Waals surface area contributed by atoms with Gasteiger partial charge in [-0.15, -0.1) is 0 Å². The maximum Gasteiger partial charge on any atom is 0.338 e. The van der Waals surface area contributed by atoms with E-state index in [-0.39, 0.29) is 5.97 Å². The van der Waals surface area contributed by atoms with E-state index < -0.39 is 0 Å². The van der Waals surface area contributed by atoms with Gasteiger partial charge >= 0.3 is 5.97 Å². The molecule has 0 spiro atoms. The summed E-state index contributed by atoms with van der Waals surface area (Å²) in [5.74, 6) is -0.265. The third-order valence-corrected chi connectivity index (χ3v) is 3.67. The van der Waals surface area contributed by atoms with Crippen molar-refractivity contribution in [2.75, 3.05) is 19.8 Å². The van der Waals surface area contributed by atoms with Crippen molar-refractivity contribution in [1.82, 2.24) is 0 Å². The lowest BCUT2D eigenvalue weighted by molar-refractivity contribution is 0.0312. The summed E-state index contributed by atoms with van der Waals surface area (Å²) in [5.41, 5.74) is 1.77. The molecule has 3 nitrogen and oxygen atoms in total. The highest BCUT2D eigenvalue weighted by atomic mass is 16.6. The Kier molecular flexibility index (Phi) is 10.4. The Bertz CT molecular complexity index is 415. The molecule has 0 unspecified atom stereocenters. The Morgan fingerprint density at radius 1 is 0.955 bits per heavy atom. The molecule has 0 saturated carbocycles. The summed E-state index contributed by atoms with van der Waals surface area (Å²) in [6.07, 6.45) is 8.46. The van der Waals surface area contributed by atoms with Gasteiger partial charge in [0, 0.05) is 6.61 Å². The zero-order chi connectivity index (χ0) is 16.0. The molecule has 0 aromatic heterocycles. The van der Waals surface area contributed by atoms with Crippen LogP contribution in [0, 0.1) is 0 Å². The molecule has 1 aromatic rings. The van der Waals surface area contributed by atoms with Crippen molar-refractivity contribution >= 4 is 5.97 Å². The van der Waals surface area contributed by atoms with Gasteiger partial charge in [-0.3, -0.25) is 0 Å². The van der Waals surface area contributed by atoms with Crippen LogP contribution in [0.15, 0.2) is 24.3 Å². The van der Waals surface area contributed by atoms with E-state index >= 15 is 0 Å². The minimum atomic E-state index is -0.265. The summed E-state index contributed by atoms with van der Waals surface area (Å²) >= 11 is 0. The summed E-state index contributed by atoms with van der Waals surface area (Å²) in [7, 11) is 0. The molecule has 0 fully saturated rings. The monoisotopic (exact) mass is 306 g/mol. The highest BCUT2D eigenvalue weighted by molar-refractivity contribution is 5.89. The summed E-state index contributed by atoms with van der Waals surface area (Å²) in [6.45, 7) is 5.86. The standard InChI is InChI=1S/C19H30O3/c1-3-5-6-7-8-9-13-21-14-15-22-19(20)18-12-10-11-17(4-2)16-18/h10-12,16H,3-9,13-15H2,1-2H3.